The van der Waals surface area contributed by atoms with Gasteiger partial charge >= 0.3 is 6.18 Å². The van der Waals surface area contributed by atoms with Crippen molar-refractivity contribution in [1.29, 1.82) is 0 Å². The average molecular weight is 295 g/mol. The molecule has 0 aliphatic heterocycles. The number of alkyl halides is 3. The first-order valence-electron chi connectivity index (χ1n) is 5.80. The highest BCUT2D eigenvalue weighted by Crippen LogP contribution is 2.31. The van der Waals surface area contributed by atoms with Gasteiger partial charge in [-0.25, -0.2) is 0 Å². The summed E-state index contributed by atoms with van der Waals surface area (Å²) in [5.41, 5.74) is -0.291. The molecule has 0 atom stereocenters. The van der Waals surface area contributed by atoms with Gasteiger partial charge in [0, 0.05) is 31.1 Å². The number of halogens is 3. The number of hydrogen-bond donors (Lipinski definition) is 0. The van der Waals surface area contributed by atoms with E-state index in [0.717, 1.165) is 10.7 Å². The molecule has 0 spiro atoms. The van der Waals surface area contributed by atoms with E-state index in [1.54, 1.807) is 24.5 Å². The summed E-state index contributed by atoms with van der Waals surface area (Å²) in [6.45, 7) is 0. The largest absolute Gasteiger partial charge is 0.435 e. The summed E-state index contributed by atoms with van der Waals surface area (Å²) in [5.74, 6) is 0.162. The van der Waals surface area contributed by atoms with Crippen LogP contribution in [0.2, 0.25) is 0 Å². The molecule has 0 aliphatic rings. The number of nitrogens with zero attached hydrogens (tertiary/aromatic N) is 5. The fourth-order valence-corrected chi connectivity index (χ4v) is 1.74. The van der Waals surface area contributed by atoms with Crippen LogP contribution in [0, 0.1) is 0 Å². The molecule has 6 nitrogen and oxygen atoms in total. The lowest BCUT2D eigenvalue weighted by atomic mass is 10.3. The van der Waals surface area contributed by atoms with Crippen LogP contribution < -0.4 is 0 Å². The predicted molar refractivity (Wildman–Crippen MR) is 64.7 cm³/mol. The Hall–Kier alpha value is -2.71. The molecule has 0 bridgehead atoms. The fraction of sp³-hybridized carbons (Fsp3) is 0.167. The van der Waals surface area contributed by atoms with Crippen LogP contribution in [-0.4, -0.2) is 25.0 Å². The number of rotatable bonds is 2. The molecule has 0 saturated carbocycles. The van der Waals surface area contributed by atoms with Crippen molar-refractivity contribution in [2.24, 2.45) is 7.05 Å². The van der Waals surface area contributed by atoms with Crippen LogP contribution in [0.15, 0.2) is 35.0 Å². The SMILES string of the molecule is Cn1nc(C(F)(F)F)cc1-c1nnc(-c2ccncc2)o1. The van der Waals surface area contributed by atoms with Crippen LogP contribution in [0.3, 0.4) is 0 Å². The fourth-order valence-electron chi connectivity index (χ4n) is 1.74. The predicted octanol–water partition coefficient (Wildman–Crippen LogP) is 2.55. The van der Waals surface area contributed by atoms with Crippen molar-refractivity contribution < 1.29 is 17.6 Å². The van der Waals surface area contributed by atoms with E-state index in [0.29, 0.717) is 5.56 Å². The smallest absolute Gasteiger partial charge is 0.415 e. The first-order chi connectivity index (χ1) is 9.95. The maximum atomic E-state index is 12.6. The van der Waals surface area contributed by atoms with Crippen molar-refractivity contribution in [2.45, 2.75) is 6.18 Å². The van der Waals surface area contributed by atoms with Crippen molar-refractivity contribution >= 4 is 0 Å². The van der Waals surface area contributed by atoms with Crippen molar-refractivity contribution in [1.82, 2.24) is 25.0 Å². The van der Waals surface area contributed by atoms with E-state index in [2.05, 4.69) is 20.3 Å². The van der Waals surface area contributed by atoms with E-state index >= 15 is 0 Å². The number of hydrogen-bond acceptors (Lipinski definition) is 5. The Morgan fingerprint density at radius 1 is 1.10 bits per heavy atom. The second kappa shape index (κ2) is 4.69. The van der Waals surface area contributed by atoms with Crippen molar-refractivity contribution in [3.05, 3.63) is 36.3 Å². The zero-order valence-electron chi connectivity index (χ0n) is 10.7. The normalized spacial score (nSPS) is 11.8. The average Bonchev–Trinajstić information content (AvgIpc) is 3.05. The number of pyridine rings is 1. The minimum Gasteiger partial charge on any atom is -0.415 e. The Morgan fingerprint density at radius 3 is 2.38 bits per heavy atom. The van der Waals surface area contributed by atoms with Gasteiger partial charge in [0.05, 0.1) is 0 Å². The molecule has 0 amide bonds. The second-order valence-electron chi connectivity index (χ2n) is 4.18. The quantitative estimate of drug-likeness (QED) is 0.726. The summed E-state index contributed by atoms with van der Waals surface area (Å²) < 4.78 is 44.3. The zero-order valence-corrected chi connectivity index (χ0v) is 10.7. The van der Waals surface area contributed by atoms with E-state index in [1.165, 1.54) is 7.05 Å². The van der Waals surface area contributed by atoms with Gasteiger partial charge in [0.2, 0.25) is 5.89 Å². The summed E-state index contributed by atoms with van der Waals surface area (Å²) in [7, 11) is 1.38. The van der Waals surface area contributed by atoms with Crippen LogP contribution in [0.1, 0.15) is 5.69 Å². The molecule has 0 fully saturated rings. The topological polar surface area (TPSA) is 69.6 Å². The van der Waals surface area contributed by atoms with Crippen LogP contribution in [-0.2, 0) is 13.2 Å². The molecule has 0 aromatic carbocycles. The van der Waals surface area contributed by atoms with Gasteiger partial charge in [0.15, 0.2) is 5.69 Å². The molecule has 3 aromatic rings. The lowest BCUT2D eigenvalue weighted by Gasteiger charge is -1.98. The molecule has 3 heterocycles. The molecular weight excluding hydrogens is 287 g/mol. The van der Waals surface area contributed by atoms with E-state index in [-0.39, 0.29) is 17.5 Å². The Bertz CT molecular complexity index is 763. The Labute approximate surface area is 116 Å². The molecule has 108 valence electrons. The zero-order chi connectivity index (χ0) is 15.0. The molecule has 3 rings (SSSR count). The lowest BCUT2D eigenvalue weighted by Crippen LogP contribution is -2.06. The Balaban J connectivity index is 1.99. The Kier molecular flexibility index (Phi) is 2.96. The van der Waals surface area contributed by atoms with Crippen LogP contribution in [0.25, 0.3) is 23.0 Å². The molecule has 0 saturated heterocycles. The second-order valence-corrected chi connectivity index (χ2v) is 4.18. The van der Waals surface area contributed by atoms with Gasteiger partial charge in [-0.1, -0.05) is 0 Å². The van der Waals surface area contributed by atoms with Crippen molar-refractivity contribution in [3.63, 3.8) is 0 Å². The molecule has 0 unspecified atom stereocenters. The van der Waals surface area contributed by atoms with Gasteiger partial charge in [0.1, 0.15) is 5.69 Å². The summed E-state index contributed by atoms with van der Waals surface area (Å²) in [4.78, 5) is 3.85. The van der Waals surface area contributed by atoms with Gasteiger partial charge in [-0.2, -0.15) is 18.3 Å². The van der Waals surface area contributed by atoms with Gasteiger partial charge in [-0.3, -0.25) is 9.67 Å². The molecule has 0 aliphatic carbocycles. The van der Waals surface area contributed by atoms with Gasteiger partial charge in [-0.05, 0) is 12.1 Å². The monoisotopic (exact) mass is 295 g/mol. The number of aromatic nitrogens is 5. The summed E-state index contributed by atoms with van der Waals surface area (Å²) >= 11 is 0. The first-order valence-corrected chi connectivity index (χ1v) is 5.80. The van der Waals surface area contributed by atoms with Crippen LogP contribution in [0.5, 0.6) is 0 Å². The highest BCUT2D eigenvalue weighted by molar-refractivity contribution is 5.55. The lowest BCUT2D eigenvalue weighted by molar-refractivity contribution is -0.141. The standard InChI is InChI=1S/C12H8F3N5O/c1-20-8(6-9(19-20)12(13,14)15)11-18-17-10(21-11)7-2-4-16-5-3-7/h2-6H,1H3. The Morgan fingerprint density at radius 2 is 1.76 bits per heavy atom. The van der Waals surface area contributed by atoms with E-state index in [1.807, 2.05) is 0 Å². The molecule has 0 N–H and O–H groups in total. The van der Waals surface area contributed by atoms with E-state index in [4.69, 9.17) is 4.42 Å². The molecule has 3 aromatic heterocycles. The van der Waals surface area contributed by atoms with Gasteiger partial charge in [-0.15, -0.1) is 10.2 Å². The molecule has 0 radical (unpaired) electrons. The minimum absolute atomic E-state index is 0.0349. The molecule has 9 heteroatoms. The highest BCUT2D eigenvalue weighted by atomic mass is 19.4. The van der Waals surface area contributed by atoms with Crippen molar-refractivity contribution in [2.75, 3.05) is 0 Å². The maximum absolute atomic E-state index is 12.6. The van der Waals surface area contributed by atoms with Gasteiger partial charge < -0.3 is 4.42 Å². The van der Waals surface area contributed by atoms with Crippen molar-refractivity contribution in [3.8, 4) is 23.0 Å². The highest BCUT2D eigenvalue weighted by Gasteiger charge is 2.35. The summed E-state index contributed by atoms with van der Waals surface area (Å²) in [6, 6.07) is 4.17. The summed E-state index contributed by atoms with van der Waals surface area (Å²) in [5, 5.41) is 11.0. The van der Waals surface area contributed by atoms with Crippen LogP contribution in [0.4, 0.5) is 13.2 Å². The third-order valence-corrected chi connectivity index (χ3v) is 2.74. The number of aryl methyl sites for hydroxylation is 1. The third-order valence-electron chi connectivity index (χ3n) is 2.74. The maximum Gasteiger partial charge on any atom is 0.435 e. The molecule has 21 heavy (non-hydrogen) atoms. The summed E-state index contributed by atoms with van der Waals surface area (Å²) in [6.07, 6.45) is -1.43. The van der Waals surface area contributed by atoms with E-state index < -0.39 is 11.9 Å². The van der Waals surface area contributed by atoms with E-state index in [9.17, 15) is 13.2 Å². The van der Waals surface area contributed by atoms with Gasteiger partial charge in [0.25, 0.3) is 5.89 Å². The first kappa shape index (κ1) is 13.3. The minimum atomic E-state index is -4.52. The van der Waals surface area contributed by atoms with Crippen LogP contribution >= 0.6 is 0 Å². The molecular formula is C12H8F3N5O. The third kappa shape index (κ3) is 2.49.